The summed E-state index contributed by atoms with van der Waals surface area (Å²) in [6.45, 7) is 1.94. The molecule has 130 valence electrons. The molecule has 2 N–H and O–H groups in total. The summed E-state index contributed by atoms with van der Waals surface area (Å²) in [5.41, 5.74) is 0.810. The highest BCUT2D eigenvalue weighted by Crippen LogP contribution is 2.21. The molecule has 1 heterocycles. The zero-order chi connectivity index (χ0) is 17.7. The Kier molecular flexibility index (Phi) is 6.33. The van der Waals surface area contributed by atoms with Crippen molar-refractivity contribution in [1.29, 1.82) is 0 Å². The van der Waals surface area contributed by atoms with Crippen LogP contribution in [0.3, 0.4) is 0 Å². The minimum atomic E-state index is -1.08. The number of rotatable bonds is 5. The lowest BCUT2D eigenvalue weighted by atomic mass is 10.0. The molecule has 0 saturated carbocycles. The summed E-state index contributed by atoms with van der Waals surface area (Å²) in [5.74, 6) is -1.54. The van der Waals surface area contributed by atoms with Crippen molar-refractivity contribution in [3.63, 3.8) is 0 Å². The smallest absolute Gasteiger partial charge is 0.334 e. The Balaban J connectivity index is 2.08. The third-order valence-corrected chi connectivity index (χ3v) is 4.25. The SMILES string of the molecule is CC(=O)NC(CC(=O)N1CCOC(C(=O)O)C1)c1ccc(Br)cc1. The first-order valence-corrected chi connectivity index (χ1v) is 8.31. The first kappa shape index (κ1) is 18.4. The molecule has 2 atom stereocenters. The highest BCUT2D eigenvalue weighted by molar-refractivity contribution is 9.10. The quantitative estimate of drug-likeness (QED) is 0.779. The van der Waals surface area contributed by atoms with Crippen LogP contribution in [0.15, 0.2) is 28.7 Å². The number of aliphatic carboxylic acids is 1. The van der Waals surface area contributed by atoms with Gasteiger partial charge in [-0.1, -0.05) is 28.1 Å². The molecule has 2 amide bonds. The van der Waals surface area contributed by atoms with E-state index in [9.17, 15) is 14.4 Å². The fraction of sp³-hybridized carbons (Fsp3) is 0.438. The maximum atomic E-state index is 12.5. The average Bonchev–Trinajstić information content (AvgIpc) is 2.54. The molecule has 8 heteroatoms. The van der Waals surface area contributed by atoms with Gasteiger partial charge in [-0.2, -0.15) is 0 Å². The summed E-state index contributed by atoms with van der Waals surface area (Å²) in [4.78, 5) is 36.5. The van der Waals surface area contributed by atoms with Gasteiger partial charge in [0.15, 0.2) is 6.10 Å². The Labute approximate surface area is 148 Å². The number of morpholine rings is 1. The lowest BCUT2D eigenvalue weighted by molar-refractivity contribution is -0.159. The van der Waals surface area contributed by atoms with Crippen LogP contribution in [0.2, 0.25) is 0 Å². The van der Waals surface area contributed by atoms with Crippen molar-refractivity contribution in [2.75, 3.05) is 19.7 Å². The van der Waals surface area contributed by atoms with Gasteiger partial charge in [-0.25, -0.2) is 4.79 Å². The van der Waals surface area contributed by atoms with Crippen LogP contribution in [-0.4, -0.2) is 53.6 Å². The number of carboxylic acids is 1. The second-order valence-electron chi connectivity index (χ2n) is 5.55. The summed E-state index contributed by atoms with van der Waals surface area (Å²) >= 11 is 3.35. The molecule has 0 spiro atoms. The maximum absolute atomic E-state index is 12.5. The van der Waals surface area contributed by atoms with Crippen LogP contribution < -0.4 is 5.32 Å². The molecule has 1 fully saturated rings. The van der Waals surface area contributed by atoms with E-state index in [4.69, 9.17) is 9.84 Å². The molecular formula is C16H19BrN2O5. The molecule has 0 aromatic heterocycles. The predicted octanol–water partition coefficient (Wildman–Crippen LogP) is 1.33. The lowest BCUT2D eigenvalue weighted by Gasteiger charge is -2.32. The van der Waals surface area contributed by atoms with Crippen LogP contribution in [0.4, 0.5) is 0 Å². The summed E-state index contributed by atoms with van der Waals surface area (Å²) in [7, 11) is 0. The molecule has 2 unspecified atom stereocenters. The van der Waals surface area contributed by atoms with E-state index in [2.05, 4.69) is 21.2 Å². The van der Waals surface area contributed by atoms with Gasteiger partial charge in [0.25, 0.3) is 0 Å². The molecule has 0 bridgehead atoms. The van der Waals surface area contributed by atoms with Crippen molar-refractivity contribution < 1.29 is 24.2 Å². The third-order valence-electron chi connectivity index (χ3n) is 3.72. The molecule has 1 aliphatic heterocycles. The molecule has 24 heavy (non-hydrogen) atoms. The Hall–Kier alpha value is -1.93. The number of benzene rings is 1. The molecule has 1 aromatic rings. The van der Waals surface area contributed by atoms with E-state index in [1.807, 2.05) is 24.3 Å². The summed E-state index contributed by atoms with van der Waals surface area (Å²) in [6.07, 6.45) is -0.942. The van der Waals surface area contributed by atoms with Crippen molar-refractivity contribution in [2.45, 2.75) is 25.5 Å². The minimum absolute atomic E-state index is 0.0152. The molecule has 2 rings (SSSR count). The third kappa shape index (κ3) is 5.04. The number of halogens is 1. The van der Waals surface area contributed by atoms with Gasteiger partial charge in [0.1, 0.15) is 0 Å². The first-order chi connectivity index (χ1) is 11.4. The fourth-order valence-corrected chi connectivity index (χ4v) is 2.79. The van der Waals surface area contributed by atoms with E-state index < -0.39 is 18.1 Å². The van der Waals surface area contributed by atoms with E-state index in [-0.39, 0.29) is 31.4 Å². The van der Waals surface area contributed by atoms with Crippen LogP contribution in [-0.2, 0) is 19.1 Å². The Bertz CT molecular complexity index is 619. The van der Waals surface area contributed by atoms with Gasteiger partial charge in [-0.15, -0.1) is 0 Å². The van der Waals surface area contributed by atoms with E-state index in [0.717, 1.165) is 10.0 Å². The number of ether oxygens (including phenoxy) is 1. The number of carbonyl (C=O) groups is 3. The number of nitrogens with zero attached hydrogens (tertiary/aromatic N) is 1. The number of hydrogen-bond donors (Lipinski definition) is 2. The topological polar surface area (TPSA) is 95.9 Å². The zero-order valence-corrected chi connectivity index (χ0v) is 14.8. The van der Waals surface area contributed by atoms with Gasteiger partial charge >= 0.3 is 5.97 Å². The number of carboxylic acid groups (broad SMARTS) is 1. The van der Waals surface area contributed by atoms with E-state index in [1.54, 1.807) is 0 Å². The van der Waals surface area contributed by atoms with Gasteiger partial charge in [0.05, 0.1) is 25.6 Å². The van der Waals surface area contributed by atoms with Gasteiger partial charge in [-0.05, 0) is 17.7 Å². The van der Waals surface area contributed by atoms with Gasteiger partial charge in [0.2, 0.25) is 11.8 Å². The average molecular weight is 399 g/mol. The molecule has 1 aliphatic rings. The van der Waals surface area contributed by atoms with Crippen LogP contribution in [0.1, 0.15) is 24.9 Å². The number of hydrogen-bond acceptors (Lipinski definition) is 4. The van der Waals surface area contributed by atoms with E-state index >= 15 is 0 Å². The van der Waals surface area contributed by atoms with E-state index in [1.165, 1.54) is 11.8 Å². The number of amides is 2. The summed E-state index contributed by atoms with van der Waals surface area (Å²) in [6, 6.07) is 6.87. The summed E-state index contributed by atoms with van der Waals surface area (Å²) < 4.78 is 6.02. The Morgan fingerprint density at radius 3 is 2.62 bits per heavy atom. The second-order valence-corrected chi connectivity index (χ2v) is 6.46. The van der Waals surface area contributed by atoms with Gasteiger partial charge < -0.3 is 20.1 Å². The molecule has 0 aliphatic carbocycles. The van der Waals surface area contributed by atoms with Crippen LogP contribution >= 0.6 is 15.9 Å². The van der Waals surface area contributed by atoms with Crippen molar-refractivity contribution in [3.05, 3.63) is 34.3 Å². The van der Waals surface area contributed by atoms with Gasteiger partial charge in [-0.3, -0.25) is 9.59 Å². The van der Waals surface area contributed by atoms with Gasteiger partial charge in [0, 0.05) is 17.9 Å². The molecule has 7 nitrogen and oxygen atoms in total. The predicted molar refractivity (Wildman–Crippen MR) is 89.3 cm³/mol. The van der Waals surface area contributed by atoms with Crippen molar-refractivity contribution in [2.24, 2.45) is 0 Å². The van der Waals surface area contributed by atoms with Crippen molar-refractivity contribution in [1.82, 2.24) is 10.2 Å². The highest BCUT2D eigenvalue weighted by Gasteiger charge is 2.30. The van der Waals surface area contributed by atoms with Crippen molar-refractivity contribution in [3.8, 4) is 0 Å². The Morgan fingerprint density at radius 2 is 2.04 bits per heavy atom. The maximum Gasteiger partial charge on any atom is 0.334 e. The molecule has 1 saturated heterocycles. The minimum Gasteiger partial charge on any atom is -0.479 e. The van der Waals surface area contributed by atoms with Crippen LogP contribution in [0.5, 0.6) is 0 Å². The monoisotopic (exact) mass is 398 g/mol. The van der Waals surface area contributed by atoms with Crippen LogP contribution in [0.25, 0.3) is 0 Å². The molecule has 0 radical (unpaired) electrons. The largest absolute Gasteiger partial charge is 0.479 e. The number of nitrogens with one attached hydrogen (secondary N) is 1. The Morgan fingerprint density at radius 1 is 1.38 bits per heavy atom. The highest BCUT2D eigenvalue weighted by atomic mass is 79.9. The summed E-state index contributed by atoms with van der Waals surface area (Å²) in [5, 5.41) is 11.8. The van der Waals surface area contributed by atoms with Crippen molar-refractivity contribution >= 4 is 33.7 Å². The van der Waals surface area contributed by atoms with E-state index in [0.29, 0.717) is 6.54 Å². The standard InChI is InChI=1S/C16H19BrN2O5/c1-10(20)18-13(11-2-4-12(17)5-3-11)8-15(21)19-6-7-24-14(9-19)16(22)23/h2-5,13-14H,6-9H2,1H3,(H,18,20)(H,22,23). The first-order valence-electron chi connectivity index (χ1n) is 7.51. The van der Waals surface area contributed by atoms with Crippen LogP contribution in [0, 0.1) is 0 Å². The normalized spacial score (nSPS) is 18.8. The zero-order valence-electron chi connectivity index (χ0n) is 13.2. The fourth-order valence-electron chi connectivity index (χ4n) is 2.52. The molecular weight excluding hydrogens is 380 g/mol. The second kappa shape index (κ2) is 8.25. The molecule has 1 aromatic carbocycles. The lowest BCUT2D eigenvalue weighted by Crippen LogP contribution is -2.49. The number of carbonyl (C=O) groups excluding carboxylic acids is 2.